The highest BCUT2D eigenvalue weighted by Gasteiger charge is 2.27. The monoisotopic (exact) mass is 413 g/mol. The summed E-state index contributed by atoms with van der Waals surface area (Å²) in [5.74, 6) is -1.34. The zero-order valence-electron chi connectivity index (χ0n) is 15.5. The number of benzene rings is 2. The Morgan fingerprint density at radius 2 is 2.00 bits per heavy atom. The fourth-order valence-corrected chi connectivity index (χ4v) is 2.66. The largest absolute Gasteiger partial charge is 0.492 e. The SMILES string of the molecule is COc1cc([N+](=O)[O-])cc([N+](=O)[O-])c1OCC(=O)NN=Cc1c[nH]c2ccccc12. The van der Waals surface area contributed by atoms with Crippen LogP contribution in [0.3, 0.4) is 0 Å². The van der Waals surface area contributed by atoms with Gasteiger partial charge in [-0.05, 0) is 6.07 Å². The number of rotatable bonds is 8. The molecule has 3 rings (SSSR count). The Morgan fingerprint density at radius 3 is 2.70 bits per heavy atom. The molecule has 0 radical (unpaired) electrons. The van der Waals surface area contributed by atoms with Crippen LogP contribution in [-0.2, 0) is 4.79 Å². The number of nitro groups is 2. The lowest BCUT2D eigenvalue weighted by Gasteiger charge is -2.10. The average molecular weight is 413 g/mol. The Kier molecular flexibility index (Phi) is 5.86. The first-order valence-corrected chi connectivity index (χ1v) is 8.42. The van der Waals surface area contributed by atoms with Crippen molar-refractivity contribution in [3.8, 4) is 11.5 Å². The summed E-state index contributed by atoms with van der Waals surface area (Å²) in [6.45, 7) is -0.625. The molecule has 12 heteroatoms. The van der Waals surface area contributed by atoms with Gasteiger partial charge in [0, 0.05) is 22.7 Å². The van der Waals surface area contributed by atoms with E-state index in [0.717, 1.165) is 28.6 Å². The number of non-ortho nitro benzene ring substituents is 1. The minimum Gasteiger partial charge on any atom is -0.492 e. The van der Waals surface area contributed by atoms with Gasteiger partial charge >= 0.3 is 5.69 Å². The van der Waals surface area contributed by atoms with Crippen LogP contribution in [0, 0.1) is 20.2 Å². The molecule has 1 heterocycles. The Hall–Kier alpha value is -4.48. The van der Waals surface area contributed by atoms with Gasteiger partial charge in [-0.15, -0.1) is 0 Å². The van der Waals surface area contributed by atoms with Gasteiger partial charge in [0.1, 0.15) is 0 Å². The zero-order valence-corrected chi connectivity index (χ0v) is 15.5. The molecule has 154 valence electrons. The van der Waals surface area contributed by atoms with E-state index in [1.165, 1.54) is 13.3 Å². The van der Waals surface area contributed by atoms with Gasteiger partial charge in [0.2, 0.25) is 5.75 Å². The maximum Gasteiger partial charge on any atom is 0.321 e. The number of amides is 1. The lowest BCUT2D eigenvalue weighted by Crippen LogP contribution is -2.25. The molecular formula is C18H15N5O7. The molecule has 0 fully saturated rings. The van der Waals surface area contributed by atoms with E-state index in [1.807, 2.05) is 24.3 Å². The van der Waals surface area contributed by atoms with E-state index in [4.69, 9.17) is 9.47 Å². The van der Waals surface area contributed by atoms with Gasteiger partial charge in [0.15, 0.2) is 12.4 Å². The van der Waals surface area contributed by atoms with Crippen molar-refractivity contribution in [2.45, 2.75) is 0 Å². The number of nitro benzene ring substituents is 2. The summed E-state index contributed by atoms with van der Waals surface area (Å²) in [4.78, 5) is 35.5. The number of hydrazone groups is 1. The first-order valence-electron chi connectivity index (χ1n) is 8.42. The maximum absolute atomic E-state index is 12.0. The number of aromatic nitrogens is 1. The molecule has 0 unspecified atom stereocenters. The van der Waals surface area contributed by atoms with Gasteiger partial charge in [-0.25, -0.2) is 5.43 Å². The van der Waals surface area contributed by atoms with Crippen LogP contribution in [0.4, 0.5) is 11.4 Å². The number of carbonyl (C=O) groups is 1. The summed E-state index contributed by atoms with van der Waals surface area (Å²) in [5.41, 5.74) is 2.66. The summed E-state index contributed by atoms with van der Waals surface area (Å²) >= 11 is 0. The van der Waals surface area contributed by atoms with E-state index in [0.29, 0.717) is 0 Å². The summed E-state index contributed by atoms with van der Waals surface area (Å²) in [5, 5.41) is 26.9. The number of methoxy groups -OCH3 is 1. The van der Waals surface area contributed by atoms with Crippen LogP contribution >= 0.6 is 0 Å². The second-order valence-corrected chi connectivity index (χ2v) is 5.88. The highest BCUT2D eigenvalue weighted by atomic mass is 16.6. The first-order chi connectivity index (χ1) is 14.4. The predicted molar refractivity (Wildman–Crippen MR) is 106 cm³/mol. The fraction of sp³-hybridized carbons (Fsp3) is 0.111. The maximum atomic E-state index is 12.0. The molecule has 0 saturated carbocycles. The number of nitrogens with zero attached hydrogens (tertiary/aromatic N) is 3. The van der Waals surface area contributed by atoms with Crippen LogP contribution in [-0.4, -0.2) is 40.7 Å². The molecule has 1 amide bonds. The molecule has 1 aromatic heterocycles. The number of para-hydroxylation sites is 1. The normalized spacial score (nSPS) is 10.8. The van der Waals surface area contributed by atoms with Gasteiger partial charge in [0.05, 0.1) is 35.3 Å². The number of fused-ring (bicyclic) bond motifs is 1. The summed E-state index contributed by atoms with van der Waals surface area (Å²) in [7, 11) is 1.17. The molecule has 0 aliphatic rings. The zero-order chi connectivity index (χ0) is 21.7. The van der Waals surface area contributed by atoms with Crippen molar-refractivity contribution < 1.29 is 24.1 Å². The topological polar surface area (TPSA) is 162 Å². The Labute approximate surface area is 168 Å². The Bertz CT molecular complexity index is 1160. The van der Waals surface area contributed by atoms with Crippen molar-refractivity contribution in [1.29, 1.82) is 0 Å². The number of aromatic amines is 1. The number of hydrogen-bond donors (Lipinski definition) is 2. The Morgan fingerprint density at radius 1 is 1.23 bits per heavy atom. The quantitative estimate of drug-likeness (QED) is 0.325. The van der Waals surface area contributed by atoms with Crippen molar-refractivity contribution in [2.24, 2.45) is 5.10 Å². The number of H-pyrrole nitrogens is 1. The molecule has 2 N–H and O–H groups in total. The van der Waals surface area contributed by atoms with Crippen molar-refractivity contribution >= 4 is 34.4 Å². The van der Waals surface area contributed by atoms with Gasteiger partial charge in [-0.2, -0.15) is 5.10 Å². The second kappa shape index (κ2) is 8.68. The van der Waals surface area contributed by atoms with Crippen molar-refractivity contribution in [1.82, 2.24) is 10.4 Å². The molecule has 0 atom stereocenters. The van der Waals surface area contributed by atoms with E-state index in [9.17, 15) is 25.0 Å². The average Bonchev–Trinajstić information content (AvgIpc) is 3.14. The van der Waals surface area contributed by atoms with Crippen molar-refractivity contribution in [2.75, 3.05) is 13.7 Å². The predicted octanol–water partition coefficient (Wildman–Crippen LogP) is 2.52. The van der Waals surface area contributed by atoms with Crippen LogP contribution in [0.1, 0.15) is 5.56 Å². The highest BCUT2D eigenvalue weighted by Crippen LogP contribution is 2.40. The summed E-state index contributed by atoms with van der Waals surface area (Å²) < 4.78 is 10.1. The molecule has 30 heavy (non-hydrogen) atoms. The molecular weight excluding hydrogens is 398 g/mol. The van der Waals surface area contributed by atoms with E-state index < -0.39 is 39.5 Å². The van der Waals surface area contributed by atoms with Crippen molar-refractivity contribution in [3.63, 3.8) is 0 Å². The van der Waals surface area contributed by atoms with E-state index in [2.05, 4.69) is 15.5 Å². The third-order valence-electron chi connectivity index (χ3n) is 4.01. The van der Waals surface area contributed by atoms with E-state index >= 15 is 0 Å². The Balaban J connectivity index is 1.69. The third-order valence-corrected chi connectivity index (χ3v) is 4.01. The molecule has 2 aromatic carbocycles. The minimum atomic E-state index is -0.863. The van der Waals surface area contributed by atoms with Gasteiger partial charge < -0.3 is 14.5 Å². The lowest BCUT2D eigenvalue weighted by molar-refractivity contribution is -0.394. The van der Waals surface area contributed by atoms with Crippen LogP contribution in [0.15, 0.2) is 47.7 Å². The van der Waals surface area contributed by atoms with Crippen LogP contribution < -0.4 is 14.9 Å². The second-order valence-electron chi connectivity index (χ2n) is 5.88. The first kappa shape index (κ1) is 20.3. The number of nitrogens with one attached hydrogen (secondary N) is 2. The molecule has 3 aromatic rings. The standard InChI is InChI=1S/C18H15N5O7/c1-29-16-7-12(22(25)26)6-15(23(27)28)18(16)30-10-17(24)21-20-9-11-8-19-14-5-3-2-4-13(11)14/h2-9,19H,10H2,1H3,(H,21,24). The number of hydrogen-bond acceptors (Lipinski definition) is 8. The fourth-order valence-electron chi connectivity index (χ4n) is 2.66. The molecule has 12 nitrogen and oxygen atoms in total. The lowest BCUT2D eigenvalue weighted by atomic mass is 10.2. The molecule has 0 bridgehead atoms. The van der Waals surface area contributed by atoms with Crippen LogP contribution in [0.5, 0.6) is 11.5 Å². The van der Waals surface area contributed by atoms with Crippen LogP contribution in [0.2, 0.25) is 0 Å². The smallest absolute Gasteiger partial charge is 0.321 e. The number of carbonyl (C=O) groups excluding carboxylic acids is 1. The van der Waals surface area contributed by atoms with Crippen LogP contribution in [0.25, 0.3) is 10.9 Å². The molecule has 0 aliphatic heterocycles. The van der Waals surface area contributed by atoms with Gasteiger partial charge in [-0.1, -0.05) is 18.2 Å². The number of ether oxygens (including phenoxy) is 2. The third kappa shape index (κ3) is 4.32. The van der Waals surface area contributed by atoms with Crippen molar-refractivity contribution in [3.05, 3.63) is 68.4 Å². The molecule has 0 aliphatic carbocycles. The van der Waals surface area contributed by atoms with E-state index in [-0.39, 0.29) is 5.75 Å². The summed E-state index contributed by atoms with van der Waals surface area (Å²) in [6, 6.07) is 9.22. The molecule has 0 saturated heterocycles. The van der Waals surface area contributed by atoms with E-state index in [1.54, 1.807) is 6.20 Å². The van der Waals surface area contributed by atoms with Gasteiger partial charge in [-0.3, -0.25) is 25.0 Å². The van der Waals surface area contributed by atoms with Gasteiger partial charge in [0.25, 0.3) is 11.6 Å². The molecule has 0 spiro atoms. The summed E-state index contributed by atoms with van der Waals surface area (Å²) in [6.07, 6.45) is 3.16. The highest BCUT2D eigenvalue weighted by molar-refractivity contribution is 5.99. The minimum absolute atomic E-state index is 0.244.